The number of benzene rings is 1. The third-order valence-electron chi connectivity index (χ3n) is 5.69. The molecule has 1 amide bonds. The first-order valence-corrected chi connectivity index (χ1v) is 8.79. The summed E-state index contributed by atoms with van der Waals surface area (Å²) >= 11 is 0. The number of aromatic nitrogens is 1. The second-order valence-electron chi connectivity index (χ2n) is 7.30. The van der Waals surface area contributed by atoms with E-state index in [0.717, 1.165) is 19.6 Å². The summed E-state index contributed by atoms with van der Waals surface area (Å²) in [5, 5.41) is 0. The molecule has 2 aromatic rings. The summed E-state index contributed by atoms with van der Waals surface area (Å²) in [6.45, 7) is 4.65. The van der Waals surface area contributed by atoms with Gasteiger partial charge in [-0.3, -0.25) is 14.5 Å². The lowest BCUT2D eigenvalue weighted by Crippen LogP contribution is -2.34. The van der Waals surface area contributed by atoms with Gasteiger partial charge in [-0.25, -0.2) is 0 Å². The average Bonchev–Trinajstić information content (AvgIpc) is 3.12. The molecule has 4 rings (SSSR count). The van der Waals surface area contributed by atoms with E-state index < -0.39 is 0 Å². The molecule has 3 heterocycles. The number of nitrogens with zero attached hydrogens (tertiary/aromatic N) is 2. The van der Waals surface area contributed by atoms with E-state index in [1.807, 2.05) is 4.90 Å². The first kappa shape index (κ1) is 21.5. The third kappa shape index (κ3) is 3.91. The van der Waals surface area contributed by atoms with Crippen molar-refractivity contribution in [1.82, 2.24) is 14.8 Å². The van der Waals surface area contributed by atoms with Gasteiger partial charge in [-0.05, 0) is 37.1 Å². The van der Waals surface area contributed by atoms with Crippen LogP contribution >= 0.6 is 24.8 Å². The Kier molecular flexibility index (Phi) is 6.73. The minimum atomic E-state index is -0.234. The van der Waals surface area contributed by atoms with Gasteiger partial charge in [0.05, 0.1) is 0 Å². The highest BCUT2D eigenvalue weighted by Crippen LogP contribution is 2.44. The summed E-state index contributed by atoms with van der Waals surface area (Å²) < 4.78 is 0. The van der Waals surface area contributed by atoms with Crippen molar-refractivity contribution in [2.75, 3.05) is 26.7 Å². The van der Waals surface area contributed by atoms with Crippen LogP contribution in [0, 0.1) is 18.8 Å². The quantitative estimate of drug-likeness (QED) is 0.829. The highest BCUT2D eigenvalue weighted by atomic mass is 35.5. The predicted molar refractivity (Wildman–Crippen MR) is 111 cm³/mol. The lowest BCUT2D eigenvalue weighted by Gasteiger charge is -2.28. The molecule has 2 fully saturated rings. The van der Waals surface area contributed by atoms with E-state index in [-0.39, 0.29) is 36.3 Å². The molecule has 2 aliphatic rings. The third-order valence-corrected chi connectivity index (χ3v) is 5.69. The minimum absolute atomic E-state index is 0. The van der Waals surface area contributed by atoms with Crippen molar-refractivity contribution in [2.24, 2.45) is 11.8 Å². The smallest absolute Gasteiger partial charge is 0.270 e. The molecule has 0 radical (unpaired) electrons. The summed E-state index contributed by atoms with van der Waals surface area (Å²) in [6.07, 6.45) is 0. The van der Waals surface area contributed by atoms with Gasteiger partial charge in [0.15, 0.2) is 0 Å². The van der Waals surface area contributed by atoms with Gasteiger partial charge in [0.25, 0.3) is 5.91 Å². The summed E-state index contributed by atoms with van der Waals surface area (Å²) in [5.74, 6) is 0.845. The Labute approximate surface area is 171 Å². The molecule has 0 aliphatic carbocycles. The summed E-state index contributed by atoms with van der Waals surface area (Å²) in [4.78, 5) is 31.2. The number of carbonyl (C=O) groups excluding carboxylic acids is 1. The van der Waals surface area contributed by atoms with E-state index in [0.29, 0.717) is 23.6 Å². The predicted octanol–water partition coefficient (Wildman–Crippen LogP) is 2.90. The van der Waals surface area contributed by atoms with Gasteiger partial charge in [-0.15, -0.1) is 24.8 Å². The van der Waals surface area contributed by atoms with E-state index in [9.17, 15) is 9.59 Å². The number of hydrogen-bond acceptors (Lipinski definition) is 3. The van der Waals surface area contributed by atoms with Gasteiger partial charge in [0.2, 0.25) is 5.56 Å². The van der Waals surface area contributed by atoms with Crippen LogP contribution in [0.4, 0.5) is 0 Å². The lowest BCUT2D eigenvalue weighted by molar-refractivity contribution is 0.0761. The number of H-pyrrole nitrogens is 1. The van der Waals surface area contributed by atoms with E-state index in [1.54, 1.807) is 12.1 Å². The number of likely N-dealkylation sites (tertiary alicyclic amines) is 2. The Bertz CT molecular complexity index is 870. The van der Waals surface area contributed by atoms with Crippen molar-refractivity contribution in [1.29, 1.82) is 0 Å². The fourth-order valence-corrected chi connectivity index (χ4v) is 4.55. The maximum absolute atomic E-state index is 12.8. The molecule has 1 aromatic heterocycles. The Balaban J connectivity index is 0.00000131. The van der Waals surface area contributed by atoms with Crippen LogP contribution in [0.3, 0.4) is 0 Å². The molecule has 0 saturated carbocycles. The van der Waals surface area contributed by atoms with Crippen molar-refractivity contribution >= 4 is 30.7 Å². The highest BCUT2D eigenvalue weighted by molar-refractivity contribution is 5.92. The molecule has 1 N–H and O–H groups in total. The van der Waals surface area contributed by atoms with Crippen molar-refractivity contribution in [3.05, 3.63) is 69.6 Å². The zero-order valence-corrected chi connectivity index (χ0v) is 17.1. The van der Waals surface area contributed by atoms with Crippen LogP contribution in [0.25, 0.3) is 0 Å². The molecule has 2 aliphatic heterocycles. The highest BCUT2D eigenvalue weighted by Gasteiger charge is 2.47. The molecular formula is C20H25Cl2N3O2. The molecule has 0 bridgehead atoms. The van der Waals surface area contributed by atoms with E-state index >= 15 is 0 Å². The van der Waals surface area contributed by atoms with E-state index in [1.165, 1.54) is 17.2 Å². The Morgan fingerprint density at radius 1 is 1.04 bits per heavy atom. The monoisotopic (exact) mass is 409 g/mol. The zero-order valence-electron chi connectivity index (χ0n) is 15.4. The normalized spacial score (nSPS) is 24.1. The SMILES string of the molecule is Cc1ccccc1[C@H]1[C@@H]2CN(C(=O)c3cccc(=O)[nH]3)C[C@@H]2CN1C.Cl.Cl. The number of rotatable bonds is 2. The second-order valence-corrected chi connectivity index (χ2v) is 7.30. The van der Waals surface area contributed by atoms with E-state index in [4.69, 9.17) is 0 Å². The molecule has 27 heavy (non-hydrogen) atoms. The van der Waals surface area contributed by atoms with Gasteiger partial charge >= 0.3 is 0 Å². The van der Waals surface area contributed by atoms with Gasteiger partial charge in [-0.2, -0.15) is 0 Å². The second kappa shape index (κ2) is 8.46. The molecule has 7 heteroatoms. The first-order valence-electron chi connectivity index (χ1n) is 8.79. The largest absolute Gasteiger partial charge is 0.337 e. The number of aryl methyl sites for hydroxylation is 1. The van der Waals surface area contributed by atoms with Gasteiger partial charge in [-0.1, -0.05) is 30.3 Å². The maximum Gasteiger partial charge on any atom is 0.270 e. The number of hydrogen-bond donors (Lipinski definition) is 1. The molecule has 2 saturated heterocycles. The number of amides is 1. The van der Waals surface area contributed by atoms with Crippen LogP contribution in [0.2, 0.25) is 0 Å². The molecule has 5 nitrogen and oxygen atoms in total. The fourth-order valence-electron chi connectivity index (χ4n) is 4.55. The summed E-state index contributed by atoms with van der Waals surface area (Å²) in [5.41, 5.74) is 2.81. The van der Waals surface area contributed by atoms with Gasteiger partial charge < -0.3 is 9.88 Å². The van der Waals surface area contributed by atoms with Gasteiger partial charge in [0.1, 0.15) is 5.69 Å². The van der Waals surface area contributed by atoms with Crippen LogP contribution in [0.5, 0.6) is 0 Å². The molecule has 3 atom stereocenters. The van der Waals surface area contributed by atoms with Crippen molar-refractivity contribution in [3.8, 4) is 0 Å². The van der Waals surface area contributed by atoms with Crippen LogP contribution in [0.1, 0.15) is 27.7 Å². The van der Waals surface area contributed by atoms with Crippen LogP contribution in [0.15, 0.2) is 47.3 Å². The van der Waals surface area contributed by atoms with Crippen molar-refractivity contribution in [2.45, 2.75) is 13.0 Å². The number of aromatic amines is 1. The van der Waals surface area contributed by atoms with Gasteiger partial charge in [0, 0.05) is 37.7 Å². The number of nitrogens with one attached hydrogen (secondary N) is 1. The maximum atomic E-state index is 12.8. The summed E-state index contributed by atoms with van der Waals surface area (Å²) in [7, 11) is 2.18. The fraction of sp³-hybridized carbons (Fsp3) is 0.400. The van der Waals surface area contributed by atoms with Crippen molar-refractivity contribution in [3.63, 3.8) is 0 Å². The van der Waals surface area contributed by atoms with Crippen LogP contribution in [-0.4, -0.2) is 47.4 Å². The molecule has 1 aromatic carbocycles. The average molecular weight is 410 g/mol. The minimum Gasteiger partial charge on any atom is -0.337 e. The number of fused-ring (bicyclic) bond motifs is 1. The standard InChI is InChI=1S/C20H23N3O2.2ClH/c1-13-6-3-4-7-15(13)19-16-12-23(11-14(16)10-22(19)2)20(25)17-8-5-9-18(24)21-17;;/h3-9,14,16,19H,10-12H2,1-2H3,(H,21,24);2*1H/t14-,16+,19-;;/m0../s1. The lowest BCUT2D eigenvalue weighted by atomic mass is 9.88. The van der Waals surface area contributed by atoms with Crippen LogP contribution < -0.4 is 5.56 Å². The Hall–Kier alpha value is -1.82. The summed E-state index contributed by atoms with van der Waals surface area (Å²) in [6, 6.07) is 13.6. The first-order chi connectivity index (χ1) is 12.0. The zero-order chi connectivity index (χ0) is 17.6. The molecule has 0 unspecified atom stereocenters. The number of carbonyl (C=O) groups is 1. The molecule has 0 spiro atoms. The van der Waals surface area contributed by atoms with E-state index in [2.05, 4.69) is 48.1 Å². The van der Waals surface area contributed by atoms with Crippen LogP contribution in [-0.2, 0) is 0 Å². The number of pyridine rings is 1. The van der Waals surface area contributed by atoms with Crippen molar-refractivity contribution < 1.29 is 4.79 Å². The molecular weight excluding hydrogens is 385 g/mol. The molecule has 146 valence electrons. The Morgan fingerprint density at radius 3 is 2.48 bits per heavy atom. The number of halogens is 2. The topological polar surface area (TPSA) is 56.4 Å². The Morgan fingerprint density at radius 2 is 1.78 bits per heavy atom.